The Morgan fingerprint density at radius 2 is 1.71 bits per heavy atom. The highest BCUT2D eigenvalue weighted by Crippen LogP contribution is 2.25. The number of aromatic amines is 1. The van der Waals surface area contributed by atoms with E-state index in [1.54, 1.807) is 18.2 Å². The second kappa shape index (κ2) is 5.31. The molecule has 4 aromatic rings. The van der Waals surface area contributed by atoms with Gasteiger partial charge in [0, 0.05) is 23.1 Å². The first-order valence-corrected chi connectivity index (χ1v) is 7.43. The van der Waals surface area contributed by atoms with E-state index in [2.05, 4.69) is 4.98 Å². The fourth-order valence-electron chi connectivity index (χ4n) is 2.92. The van der Waals surface area contributed by atoms with Crippen molar-refractivity contribution in [2.75, 3.05) is 0 Å². The Balaban J connectivity index is 1.84. The lowest BCUT2D eigenvalue weighted by molar-refractivity contribution is -0.384. The summed E-state index contributed by atoms with van der Waals surface area (Å²) < 4.78 is 0. The Bertz CT molecular complexity index is 1110. The number of carbonyl (C=O) groups is 1. The second-order valence-corrected chi connectivity index (χ2v) is 5.57. The number of benzene rings is 3. The number of H-pyrrole nitrogens is 1. The van der Waals surface area contributed by atoms with Crippen molar-refractivity contribution in [3.05, 3.63) is 88.1 Å². The van der Waals surface area contributed by atoms with Gasteiger partial charge in [-0.3, -0.25) is 14.9 Å². The van der Waals surface area contributed by atoms with E-state index in [-0.39, 0.29) is 11.5 Å². The van der Waals surface area contributed by atoms with Crippen molar-refractivity contribution in [2.24, 2.45) is 0 Å². The highest BCUT2D eigenvalue weighted by molar-refractivity contribution is 6.16. The van der Waals surface area contributed by atoms with Crippen LogP contribution in [-0.4, -0.2) is 15.7 Å². The summed E-state index contributed by atoms with van der Waals surface area (Å²) >= 11 is 0. The lowest BCUT2D eigenvalue weighted by atomic mass is 10.00. The van der Waals surface area contributed by atoms with Crippen molar-refractivity contribution < 1.29 is 9.72 Å². The van der Waals surface area contributed by atoms with Crippen LogP contribution in [0.1, 0.15) is 16.1 Å². The SMILES string of the molecule is O=C(c1cc2ccc([N+](=O)[O-])cc2[nH]1)c1cccc2ccccc12. The van der Waals surface area contributed by atoms with Crippen molar-refractivity contribution >= 4 is 33.1 Å². The first-order chi connectivity index (χ1) is 11.6. The van der Waals surface area contributed by atoms with Gasteiger partial charge in [-0.2, -0.15) is 0 Å². The normalized spacial score (nSPS) is 11.0. The molecule has 5 nitrogen and oxygen atoms in total. The number of fused-ring (bicyclic) bond motifs is 2. The third-order valence-corrected chi connectivity index (χ3v) is 4.10. The third-order valence-electron chi connectivity index (χ3n) is 4.10. The number of ketones is 1. The average Bonchev–Trinajstić information content (AvgIpc) is 3.03. The molecule has 24 heavy (non-hydrogen) atoms. The van der Waals surface area contributed by atoms with Gasteiger partial charge in [0.25, 0.3) is 5.69 Å². The molecule has 0 aliphatic rings. The summed E-state index contributed by atoms with van der Waals surface area (Å²) in [5.74, 6) is -0.134. The number of non-ortho nitro benzene ring substituents is 1. The lowest BCUT2D eigenvalue weighted by Crippen LogP contribution is -2.02. The molecular weight excluding hydrogens is 304 g/mol. The van der Waals surface area contributed by atoms with Crippen LogP contribution in [0.15, 0.2) is 66.7 Å². The molecule has 0 aliphatic heterocycles. The zero-order valence-corrected chi connectivity index (χ0v) is 12.5. The van der Waals surface area contributed by atoms with Crippen LogP contribution in [-0.2, 0) is 0 Å². The number of nitrogens with one attached hydrogen (secondary N) is 1. The fourth-order valence-corrected chi connectivity index (χ4v) is 2.92. The summed E-state index contributed by atoms with van der Waals surface area (Å²) in [6, 6.07) is 19.5. The van der Waals surface area contributed by atoms with E-state index in [0.29, 0.717) is 16.8 Å². The van der Waals surface area contributed by atoms with Crippen LogP contribution >= 0.6 is 0 Å². The van der Waals surface area contributed by atoms with Crippen LogP contribution < -0.4 is 0 Å². The summed E-state index contributed by atoms with van der Waals surface area (Å²) in [6.07, 6.45) is 0. The quantitative estimate of drug-likeness (QED) is 0.344. The van der Waals surface area contributed by atoms with Crippen molar-refractivity contribution in [3.8, 4) is 0 Å². The second-order valence-electron chi connectivity index (χ2n) is 5.57. The molecule has 1 aromatic heterocycles. The molecule has 0 bridgehead atoms. The predicted molar refractivity (Wildman–Crippen MR) is 92.3 cm³/mol. The van der Waals surface area contributed by atoms with Crippen LogP contribution in [0.4, 0.5) is 5.69 Å². The van der Waals surface area contributed by atoms with Crippen molar-refractivity contribution in [1.82, 2.24) is 4.98 Å². The summed E-state index contributed by atoms with van der Waals surface area (Å²) in [6.45, 7) is 0. The van der Waals surface area contributed by atoms with Gasteiger partial charge in [0.15, 0.2) is 0 Å². The Hall–Kier alpha value is -3.47. The molecule has 3 aromatic carbocycles. The minimum absolute atomic E-state index is 0.00601. The Kier molecular flexibility index (Phi) is 3.13. The summed E-state index contributed by atoms with van der Waals surface area (Å²) in [5.41, 5.74) is 1.59. The van der Waals surface area contributed by atoms with Gasteiger partial charge < -0.3 is 4.98 Å². The van der Waals surface area contributed by atoms with Gasteiger partial charge >= 0.3 is 0 Å². The maximum Gasteiger partial charge on any atom is 0.271 e. The maximum absolute atomic E-state index is 12.9. The average molecular weight is 316 g/mol. The molecule has 0 fully saturated rings. The number of hydrogen-bond donors (Lipinski definition) is 1. The third kappa shape index (κ3) is 2.23. The molecule has 0 atom stereocenters. The van der Waals surface area contributed by atoms with E-state index in [9.17, 15) is 14.9 Å². The van der Waals surface area contributed by atoms with E-state index in [4.69, 9.17) is 0 Å². The molecule has 1 heterocycles. The van der Waals surface area contributed by atoms with Crippen LogP contribution in [0, 0.1) is 10.1 Å². The van der Waals surface area contributed by atoms with Crippen LogP contribution in [0.25, 0.3) is 21.7 Å². The molecule has 5 heteroatoms. The molecule has 0 saturated heterocycles. The Morgan fingerprint density at radius 1 is 0.917 bits per heavy atom. The Labute approximate surface area is 136 Å². The first-order valence-electron chi connectivity index (χ1n) is 7.43. The maximum atomic E-state index is 12.9. The Morgan fingerprint density at radius 3 is 2.54 bits per heavy atom. The number of nitro benzene ring substituents is 1. The van der Waals surface area contributed by atoms with Crippen LogP contribution in [0.3, 0.4) is 0 Å². The predicted octanol–water partition coefficient (Wildman–Crippen LogP) is 4.46. The summed E-state index contributed by atoms with van der Waals surface area (Å²) in [5, 5.41) is 13.5. The number of aromatic nitrogens is 1. The fraction of sp³-hybridized carbons (Fsp3) is 0. The number of nitrogens with zero attached hydrogens (tertiary/aromatic N) is 1. The number of hydrogen-bond acceptors (Lipinski definition) is 3. The summed E-state index contributed by atoms with van der Waals surface area (Å²) in [7, 11) is 0. The lowest BCUT2D eigenvalue weighted by Gasteiger charge is -2.04. The highest BCUT2D eigenvalue weighted by Gasteiger charge is 2.16. The van der Waals surface area contributed by atoms with E-state index >= 15 is 0 Å². The van der Waals surface area contributed by atoms with Gasteiger partial charge in [-0.1, -0.05) is 42.5 Å². The molecule has 116 valence electrons. The number of carbonyl (C=O) groups excluding carboxylic acids is 1. The standard InChI is InChI=1S/C19H12N2O3/c22-19(16-7-3-5-12-4-1-2-6-15(12)16)18-10-13-8-9-14(21(23)24)11-17(13)20-18/h1-11,20H. The van der Waals surface area contributed by atoms with Crippen molar-refractivity contribution in [3.63, 3.8) is 0 Å². The van der Waals surface area contributed by atoms with E-state index < -0.39 is 4.92 Å². The van der Waals surface area contributed by atoms with E-state index in [0.717, 1.165) is 16.2 Å². The van der Waals surface area contributed by atoms with E-state index in [1.807, 2.05) is 36.4 Å². The van der Waals surface area contributed by atoms with Gasteiger partial charge in [0.05, 0.1) is 16.1 Å². The zero-order valence-electron chi connectivity index (χ0n) is 12.5. The minimum atomic E-state index is -0.452. The smallest absolute Gasteiger partial charge is 0.271 e. The molecule has 0 radical (unpaired) electrons. The van der Waals surface area contributed by atoms with Crippen molar-refractivity contribution in [2.45, 2.75) is 0 Å². The van der Waals surface area contributed by atoms with Crippen LogP contribution in [0.2, 0.25) is 0 Å². The minimum Gasteiger partial charge on any atom is -0.352 e. The molecule has 0 unspecified atom stereocenters. The highest BCUT2D eigenvalue weighted by atomic mass is 16.6. The molecule has 1 N–H and O–H groups in total. The zero-order chi connectivity index (χ0) is 16.7. The number of nitro groups is 1. The van der Waals surface area contributed by atoms with Gasteiger partial charge in [0.2, 0.25) is 5.78 Å². The first kappa shape index (κ1) is 14.1. The van der Waals surface area contributed by atoms with E-state index in [1.165, 1.54) is 12.1 Å². The largest absolute Gasteiger partial charge is 0.352 e. The topological polar surface area (TPSA) is 76.0 Å². The van der Waals surface area contributed by atoms with Crippen LogP contribution in [0.5, 0.6) is 0 Å². The monoisotopic (exact) mass is 316 g/mol. The molecule has 0 saturated carbocycles. The molecule has 0 aliphatic carbocycles. The van der Waals surface area contributed by atoms with Gasteiger partial charge in [-0.25, -0.2) is 0 Å². The van der Waals surface area contributed by atoms with Gasteiger partial charge in [-0.15, -0.1) is 0 Å². The number of rotatable bonds is 3. The molecular formula is C19H12N2O3. The molecule has 0 amide bonds. The van der Waals surface area contributed by atoms with Crippen molar-refractivity contribution in [1.29, 1.82) is 0 Å². The molecule has 4 rings (SSSR count). The molecule has 0 spiro atoms. The summed E-state index contributed by atoms with van der Waals surface area (Å²) in [4.78, 5) is 26.3. The van der Waals surface area contributed by atoms with Gasteiger partial charge in [0.1, 0.15) is 0 Å². The van der Waals surface area contributed by atoms with Gasteiger partial charge in [-0.05, 0) is 22.9 Å².